The van der Waals surface area contributed by atoms with Gasteiger partial charge in [0.15, 0.2) is 0 Å². The SMILES string of the molecule is NCc1ccc(S(=O)(=O)NC(=O)Cc2ccn[nH]2)cc1. The van der Waals surface area contributed by atoms with Gasteiger partial charge in [0.05, 0.1) is 11.3 Å². The first kappa shape index (κ1) is 14.2. The Morgan fingerprint density at radius 3 is 2.50 bits per heavy atom. The lowest BCUT2D eigenvalue weighted by atomic mass is 10.2. The fourth-order valence-corrected chi connectivity index (χ4v) is 2.59. The van der Waals surface area contributed by atoms with E-state index in [-0.39, 0.29) is 11.3 Å². The van der Waals surface area contributed by atoms with Crippen LogP contribution in [0.1, 0.15) is 11.3 Å². The fraction of sp³-hybridized carbons (Fsp3) is 0.167. The molecule has 0 aliphatic carbocycles. The van der Waals surface area contributed by atoms with E-state index in [0.29, 0.717) is 12.2 Å². The molecule has 2 aromatic rings. The molecule has 8 heteroatoms. The minimum Gasteiger partial charge on any atom is -0.326 e. The maximum absolute atomic E-state index is 12.0. The van der Waals surface area contributed by atoms with Crippen LogP contribution < -0.4 is 10.5 Å². The molecule has 0 unspecified atom stereocenters. The second kappa shape index (κ2) is 5.85. The number of carbonyl (C=O) groups excluding carboxylic acids is 1. The van der Waals surface area contributed by atoms with Crippen molar-refractivity contribution in [2.75, 3.05) is 0 Å². The van der Waals surface area contributed by atoms with E-state index in [1.807, 2.05) is 4.72 Å². The van der Waals surface area contributed by atoms with E-state index in [1.165, 1.54) is 18.3 Å². The van der Waals surface area contributed by atoms with Crippen molar-refractivity contribution in [1.29, 1.82) is 0 Å². The van der Waals surface area contributed by atoms with Crippen LogP contribution in [0, 0.1) is 0 Å². The Morgan fingerprint density at radius 1 is 1.25 bits per heavy atom. The van der Waals surface area contributed by atoms with Crippen molar-refractivity contribution < 1.29 is 13.2 Å². The molecule has 0 fully saturated rings. The molecule has 0 aliphatic heterocycles. The van der Waals surface area contributed by atoms with E-state index in [4.69, 9.17) is 5.73 Å². The number of nitrogens with one attached hydrogen (secondary N) is 2. The highest BCUT2D eigenvalue weighted by atomic mass is 32.2. The third-order valence-electron chi connectivity index (χ3n) is 2.63. The Morgan fingerprint density at radius 2 is 1.95 bits per heavy atom. The number of sulfonamides is 1. The molecule has 1 aromatic heterocycles. The molecule has 0 spiro atoms. The Balaban J connectivity index is 2.08. The average Bonchev–Trinajstić information content (AvgIpc) is 2.91. The van der Waals surface area contributed by atoms with Gasteiger partial charge < -0.3 is 5.73 Å². The highest BCUT2D eigenvalue weighted by Crippen LogP contribution is 2.10. The summed E-state index contributed by atoms with van der Waals surface area (Å²) >= 11 is 0. The Hall–Kier alpha value is -2.19. The summed E-state index contributed by atoms with van der Waals surface area (Å²) in [5.41, 5.74) is 6.79. The summed E-state index contributed by atoms with van der Waals surface area (Å²) in [5, 5.41) is 6.27. The molecule has 2 rings (SSSR count). The fourth-order valence-electron chi connectivity index (χ4n) is 1.61. The molecular formula is C12H14N4O3S. The first-order valence-corrected chi connectivity index (χ1v) is 7.32. The van der Waals surface area contributed by atoms with Crippen molar-refractivity contribution in [3.63, 3.8) is 0 Å². The largest absolute Gasteiger partial charge is 0.326 e. The van der Waals surface area contributed by atoms with Crippen LogP contribution in [0.5, 0.6) is 0 Å². The van der Waals surface area contributed by atoms with E-state index in [0.717, 1.165) is 5.56 Å². The molecule has 7 nitrogen and oxygen atoms in total. The number of carbonyl (C=O) groups is 1. The smallest absolute Gasteiger partial charge is 0.264 e. The number of amides is 1. The standard InChI is InChI=1S/C12H14N4O3S/c13-8-9-1-3-11(4-2-9)20(18,19)16-12(17)7-10-5-6-14-15-10/h1-6H,7-8,13H2,(H,14,15)(H,16,17). The molecular weight excluding hydrogens is 280 g/mol. The first-order chi connectivity index (χ1) is 9.51. The van der Waals surface area contributed by atoms with Gasteiger partial charge in [0.25, 0.3) is 10.0 Å². The zero-order chi connectivity index (χ0) is 14.6. The predicted molar refractivity (Wildman–Crippen MR) is 72.0 cm³/mol. The lowest BCUT2D eigenvalue weighted by Gasteiger charge is -2.07. The molecule has 1 amide bonds. The summed E-state index contributed by atoms with van der Waals surface area (Å²) in [7, 11) is -3.86. The molecule has 0 aliphatic rings. The van der Waals surface area contributed by atoms with E-state index < -0.39 is 15.9 Å². The third kappa shape index (κ3) is 3.43. The zero-order valence-electron chi connectivity index (χ0n) is 10.5. The molecule has 20 heavy (non-hydrogen) atoms. The summed E-state index contributed by atoms with van der Waals surface area (Å²) < 4.78 is 26.0. The molecule has 0 saturated heterocycles. The quantitative estimate of drug-likeness (QED) is 0.712. The molecule has 106 valence electrons. The Labute approximate surface area is 116 Å². The Bertz CT molecular complexity index is 678. The second-order valence-corrected chi connectivity index (χ2v) is 5.82. The summed E-state index contributed by atoms with van der Waals surface area (Å²) in [4.78, 5) is 11.7. The molecule has 0 saturated carbocycles. The number of aromatic nitrogens is 2. The molecule has 1 aromatic carbocycles. The number of aromatic amines is 1. The average molecular weight is 294 g/mol. The normalized spacial score (nSPS) is 11.2. The lowest BCUT2D eigenvalue weighted by molar-refractivity contribution is -0.118. The van der Waals surface area contributed by atoms with Crippen molar-refractivity contribution in [2.24, 2.45) is 5.73 Å². The van der Waals surface area contributed by atoms with Gasteiger partial charge in [-0.25, -0.2) is 13.1 Å². The molecule has 0 radical (unpaired) electrons. The van der Waals surface area contributed by atoms with Gasteiger partial charge in [0.1, 0.15) is 0 Å². The highest BCUT2D eigenvalue weighted by molar-refractivity contribution is 7.90. The van der Waals surface area contributed by atoms with Gasteiger partial charge in [-0.2, -0.15) is 5.10 Å². The van der Waals surface area contributed by atoms with E-state index in [1.54, 1.807) is 18.2 Å². The number of H-pyrrole nitrogens is 1. The van der Waals surface area contributed by atoms with Gasteiger partial charge in [-0.05, 0) is 23.8 Å². The minimum absolute atomic E-state index is 0.0210. The molecule has 0 atom stereocenters. The highest BCUT2D eigenvalue weighted by Gasteiger charge is 2.17. The van der Waals surface area contributed by atoms with Crippen LogP contribution in [0.15, 0.2) is 41.4 Å². The van der Waals surface area contributed by atoms with Gasteiger partial charge in [-0.1, -0.05) is 12.1 Å². The monoisotopic (exact) mass is 294 g/mol. The zero-order valence-corrected chi connectivity index (χ0v) is 11.4. The Kier molecular flexibility index (Phi) is 4.16. The van der Waals surface area contributed by atoms with Crippen LogP contribution in [0.4, 0.5) is 0 Å². The predicted octanol–water partition coefficient (Wildman–Crippen LogP) is -0.0840. The second-order valence-electron chi connectivity index (χ2n) is 4.14. The number of nitrogens with zero attached hydrogens (tertiary/aromatic N) is 1. The topological polar surface area (TPSA) is 118 Å². The lowest BCUT2D eigenvalue weighted by Crippen LogP contribution is -2.31. The van der Waals surface area contributed by atoms with Crippen LogP contribution in [-0.4, -0.2) is 24.5 Å². The summed E-state index contributed by atoms with van der Waals surface area (Å²) in [6.45, 7) is 0.326. The number of hydrogen-bond acceptors (Lipinski definition) is 5. The maximum Gasteiger partial charge on any atom is 0.264 e. The third-order valence-corrected chi connectivity index (χ3v) is 4.02. The molecule has 0 bridgehead atoms. The maximum atomic E-state index is 12.0. The van der Waals surface area contributed by atoms with Crippen LogP contribution in [-0.2, 0) is 27.8 Å². The summed E-state index contributed by atoms with van der Waals surface area (Å²) in [5.74, 6) is -0.628. The van der Waals surface area contributed by atoms with Crippen molar-refractivity contribution >= 4 is 15.9 Å². The van der Waals surface area contributed by atoms with Crippen molar-refractivity contribution in [3.8, 4) is 0 Å². The van der Waals surface area contributed by atoms with E-state index >= 15 is 0 Å². The minimum atomic E-state index is -3.86. The van der Waals surface area contributed by atoms with E-state index in [9.17, 15) is 13.2 Å². The van der Waals surface area contributed by atoms with Crippen molar-refractivity contribution in [2.45, 2.75) is 17.9 Å². The number of rotatable bonds is 5. The van der Waals surface area contributed by atoms with Gasteiger partial charge in [-0.3, -0.25) is 9.89 Å². The van der Waals surface area contributed by atoms with Crippen LogP contribution in [0.25, 0.3) is 0 Å². The van der Waals surface area contributed by atoms with Gasteiger partial charge in [-0.15, -0.1) is 0 Å². The number of nitrogens with two attached hydrogens (primary N) is 1. The summed E-state index contributed by atoms with van der Waals surface area (Å²) in [6, 6.07) is 7.63. The first-order valence-electron chi connectivity index (χ1n) is 5.84. The van der Waals surface area contributed by atoms with Crippen molar-refractivity contribution in [3.05, 3.63) is 47.8 Å². The van der Waals surface area contributed by atoms with Crippen LogP contribution in [0.3, 0.4) is 0 Å². The number of benzene rings is 1. The molecule has 1 heterocycles. The molecule has 4 N–H and O–H groups in total. The van der Waals surface area contributed by atoms with Gasteiger partial charge in [0, 0.05) is 18.4 Å². The summed E-state index contributed by atoms with van der Waals surface area (Å²) in [6.07, 6.45) is 1.41. The van der Waals surface area contributed by atoms with Crippen LogP contribution in [0.2, 0.25) is 0 Å². The van der Waals surface area contributed by atoms with Gasteiger partial charge in [0.2, 0.25) is 5.91 Å². The van der Waals surface area contributed by atoms with Crippen molar-refractivity contribution in [1.82, 2.24) is 14.9 Å². The number of hydrogen-bond donors (Lipinski definition) is 3. The van der Waals surface area contributed by atoms with Gasteiger partial charge >= 0.3 is 0 Å². The van der Waals surface area contributed by atoms with E-state index in [2.05, 4.69) is 10.2 Å². The van der Waals surface area contributed by atoms with Crippen LogP contribution >= 0.6 is 0 Å².